The normalized spacial score (nSPS) is 27.0. The average molecular weight is 261 g/mol. The van der Waals surface area contributed by atoms with Crippen molar-refractivity contribution in [1.29, 1.82) is 0 Å². The maximum absolute atomic E-state index is 11.9. The lowest BCUT2D eigenvalue weighted by molar-refractivity contribution is -0.129. The highest BCUT2D eigenvalue weighted by atomic mass is 16.3. The molecule has 1 aromatic rings. The Bertz CT molecular complexity index is 451. The first-order chi connectivity index (χ1) is 9.29. The molecule has 5 nitrogen and oxygen atoms in total. The molecule has 1 N–H and O–H groups in total. The van der Waals surface area contributed by atoms with Crippen LogP contribution in [0.3, 0.4) is 0 Å². The number of hydrogen-bond acceptors (Lipinski definition) is 4. The van der Waals surface area contributed by atoms with Crippen molar-refractivity contribution in [3.63, 3.8) is 0 Å². The Balaban J connectivity index is 1.69. The van der Waals surface area contributed by atoms with E-state index in [1.165, 1.54) is 0 Å². The van der Waals surface area contributed by atoms with Crippen LogP contribution in [0, 0.1) is 0 Å². The summed E-state index contributed by atoms with van der Waals surface area (Å²) in [6.07, 6.45) is 3.39. The fourth-order valence-electron chi connectivity index (χ4n) is 3.30. The summed E-state index contributed by atoms with van der Waals surface area (Å²) in [5.41, 5.74) is 1.05. The predicted molar refractivity (Wildman–Crippen MR) is 70.3 cm³/mol. The molecule has 0 aliphatic carbocycles. The van der Waals surface area contributed by atoms with Crippen LogP contribution in [0.25, 0.3) is 0 Å². The second-order valence-electron chi connectivity index (χ2n) is 5.23. The molecule has 0 aromatic carbocycles. The molecule has 19 heavy (non-hydrogen) atoms. The molecular weight excluding hydrogens is 242 g/mol. The lowest BCUT2D eigenvalue weighted by Gasteiger charge is -2.24. The van der Waals surface area contributed by atoms with Gasteiger partial charge in [0.25, 0.3) is 0 Å². The first-order valence-electron chi connectivity index (χ1n) is 6.84. The van der Waals surface area contributed by atoms with E-state index in [0.29, 0.717) is 19.0 Å². The summed E-state index contributed by atoms with van der Waals surface area (Å²) in [5.74, 6) is 0.176. The summed E-state index contributed by atoms with van der Waals surface area (Å²) in [4.78, 5) is 20.5. The largest absolute Gasteiger partial charge is 0.395 e. The zero-order valence-electron chi connectivity index (χ0n) is 10.9. The van der Waals surface area contributed by atoms with Crippen LogP contribution in [0.5, 0.6) is 0 Å². The number of aromatic nitrogens is 1. The molecule has 2 aliphatic rings. The van der Waals surface area contributed by atoms with Crippen molar-refractivity contribution >= 4 is 5.91 Å². The van der Waals surface area contributed by atoms with E-state index in [0.717, 1.165) is 25.2 Å². The van der Waals surface area contributed by atoms with Gasteiger partial charge >= 0.3 is 0 Å². The third-order valence-electron chi connectivity index (χ3n) is 4.16. The maximum Gasteiger partial charge on any atom is 0.224 e. The number of nitrogens with zero attached hydrogens (tertiary/aromatic N) is 3. The summed E-state index contributed by atoms with van der Waals surface area (Å²) in [7, 11) is 0. The number of rotatable bonds is 4. The standard InChI is InChI=1S/C14H19N3O2/c18-8-7-17-12-4-6-16(13(12)9-14(17)19)10-11-3-1-2-5-15-11/h1-3,5,12-13,18H,4,6-10H2/t12-,13-/m1/s1. The van der Waals surface area contributed by atoms with Crippen LogP contribution < -0.4 is 0 Å². The van der Waals surface area contributed by atoms with Gasteiger partial charge in [-0.3, -0.25) is 14.7 Å². The minimum absolute atomic E-state index is 0.0508. The summed E-state index contributed by atoms with van der Waals surface area (Å²) >= 11 is 0. The molecule has 3 rings (SSSR count). The van der Waals surface area contributed by atoms with E-state index >= 15 is 0 Å². The quantitative estimate of drug-likeness (QED) is 0.844. The molecule has 102 valence electrons. The fourth-order valence-corrected chi connectivity index (χ4v) is 3.30. The SMILES string of the molecule is O=C1C[C@@H]2[C@@H](CCN2Cc2ccccn2)N1CCO. The van der Waals surface area contributed by atoms with Gasteiger partial charge in [-0.2, -0.15) is 0 Å². The number of fused-ring (bicyclic) bond motifs is 1. The van der Waals surface area contributed by atoms with E-state index in [1.807, 2.05) is 23.1 Å². The van der Waals surface area contributed by atoms with Crippen LogP contribution in [0.4, 0.5) is 0 Å². The number of aliphatic hydroxyl groups excluding tert-OH is 1. The van der Waals surface area contributed by atoms with Gasteiger partial charge in [0, 0.05) is 44.3 Å². The third-order valence-corrected chi connectivity index (χ3v) is 4.16. The van der Waals surface area contributed by atoms with E-state index < -0.39 is 0 Å². The third kappa shape index (κ3) is 2.35. The number of aliphatic hydroxyl groups is 1. The monoisotopic (exact) mass is 261 g/mol. The Morgan fingerprint density at radius 3 is 3.00 bits per heavy atom. The fraction of sp³-hybridized carbons (Fsp3) is 0.571. The van der Waals surface area contributed by atoms with Crippen molar-refractivity contribution in [2.75, 3.05) is 19.7 Å². The Kier molecular flexibility index (Phi) is 3.48. The van der Waals surface area contributed by atoms with Gasteiger partial charge in [-0.1, -0.05) is 6.07 Å². The van der Waals surface area contributed by atoms with Gasteiger partial charge in [-0.15, -0.1) is 0 Å². The van der Waals surface area contributed by atoms with Gasteiger partial charge in [0.1, 0.15) is 0 Å². The van der Waals surface area contributed by atoms with Crippen LogP contribution in [-0.4, -0.2) is 57.6 Å². The lowest BCUT2D eigenvalue weighted by Crippen LogP contribution is -2.38. The van der Waals surface area contributed by atoms with E-state index in [-0.39, 0.29) is 18.6 Å². The molecule has 2 atom stereocenters. The van der Waals surface area contributed by atoms with Gasteiger partial charge in [-0.25, -0.2) is 0 Å². The minimum atomic E-state index is 0.0508. The number of carbonyl (C=O) groups excluding carboxylic acids is 1. The smallest absolute Gasteiger partial charge is 0.224 e. The van der Waals surface area contributed by atoms with Gasteiger partial charge < -0.3 is 10.0 Å². The topological polar surface area (TPSA) is 56.7 Å². The highest BCUT2D eigenvalue weighted by molar-refractivity contribution is 5.80. The van der Waals surface area contributed by atoms with Crippen LogP contribution in [0.15, 0.2) is 24.4 Å². The number of carbonyl (C=O) groups is 1. The molecule has 1 aromatic heterocycles. The van der Waals surface area contributed by atoms with Gasteiger partial charge in [0.15, 0.2) is 0 Å². The maximum atomic E-state index is 11.9. The number of amides is 1. The molecule has 2 aliphatic heterocycles. The van der Waals surface area contributed by atoms with E-state index in [4.69, 9.17) is 5.11 Å². The highest BCUT2D eigenvalue weighted by Crippen LogP contribution is 2.32. The molecule has 0 bridgehead atoms. The van der Waals surface area contributed by atoms with Crippen LogP contribution >= 0.6 is 0 Å². The first kappa shape index (κ1) is 12.6. The molecule has 5 heteroatoms. The molecule has 2 fully saturated rings. The Morgan fingerprint density at radius 2 is 2.26 bits per heavy atom. The molecule has 0 radical (unpaired) electrons. The number of pyridine rings is 1. The Morgan fingerprint density at radius 1 is 1.37 bits per heavy atom. The second-order valence-corrected chi connectivity index (χ2v) is 5.23. The number of likely N-dealkylation sites (tertiary alicyclic amines) is 2. The molecule has 0 spiro atoms. The van der Waals surface area contributed by atoms with Crippen molar-refractivity contribution in [3.8, 4) is 0 Å². The van der Waals surface area contributed by atoms with Crippen LogP contribution in [0.2, 0.25) is 0 Å². The number of β-amino-alcohol motifs (C(OH)–C–C–N with tert-alkyl or cyclic N) is 1. The zero-order chi connectivity index (χ0) is 13.2. The van der Waals surface area contributed by atoms with Crippen molar-refractivity contribution in [2.24, 2.45) is 0 Å². The summed E-state index contributed by atoms with van der Waals surface area (Å²) in [5, 5.41) is 9.05. The van der Waals surface area contributed by atoms with E-state index in [1.54, 1.807) is 6.20 Å². The number of hydrogen-bond donors (Lipinski definition) is 1. The lowest BCUT2D eigenvalue weighted by atomic mass is 10.1. The van der Waals surface area contributed by atoms with Gasteiger partial charge in [-0.05, 0) is 18.6 Å². The highest BCUT2D eigenvalue weighted by Gasteiger charge is 2.46. The summed E-state index contributed by atoms with van der Waals surface area (Å²) < 4.78 is 0. The minimum Gasteiger partial charge on any atom is -0.395 e. The summed E-state index contributed by atoms with van der Waals surface area (Å²) in [6.45, 7) is 2.33. The van der Waals surface area contributed by atoms with Gasteiger partial charge in [0.2, 0.25) is 5.91 Å². The molecule has 1 amide bonds. The predicted octanol–water partition coefficient (Wildman–Crippen LogP) is 0.249. The van der Waals surface area contributed by atoms with E-state index in [2.05, 4.69) is 9.88 Å². The molecule has 3 heterocycles. The van der Waals surface area contributed by atoms with Crippen LogP contribution in [0.1, 0.15) is 18.5 Å². The second kappa shape index (κ2) is 5.27. The zero-order valence-corrected chi connectivity index (χ0v) is 10.9. The molecule has 0 saturated carbocycles. The van der Waals surface area contributed by atoms with Crippen molar-refractivity contribution in [1.82, 2.24) is 14.8 Å². The van der Waals surface area contributed by atoms with E-state index in [9.17, 15) is 4.79 Å². The molecule has 0 unspecified atom stereocenters. The van der Waals surface area contributed by atoms with Crippen molar-refractivity contribution < 1.29 is 9.90 Å². The average Bonchev–Trinajstić information content (AvgIpc) is 2.93. The van der Waals surface area contributed by atoms with Crippen LogP contribution in [-0.2, 0) is 11.3 Å². The molecule has 2 saturated heterocycles. The van der Waals surface area contributed by atoms with Crippen molar-refractivity contribution in [2.45, 2.75) is 31.5 Å². The van der Waals surface area contributed by atoms with Gasteiger partial charge in [0.05, 0.1) is 12.3 Å². The molecular formula is C14H19N3O2. The summed E-state index contributed by atoms with van der Waals surface area (Å²) in [6, 6.07) is 6.51. The first-order valence-corrected chi connectivity index (χ1v) is 6.84. The Hall–Kier alpha value is -1.46. The Labute approximate surface area is 112 Å². The van der Waals surface area contributed by atoms with Crippen molar-refractivity contribution in [3.05, 3.63) is 30.1 Å².